The molecule has 0 heterocycles. The van der Waals surface area contributed by atoms with E-state index in [9.17, 15) is 9.59 Å². The third-order valence-electron chi connectivity index (χ3n) is 3.04. The van der Waals surface area contributed by atoms with Crippen molar-refractivity contribution < 1.29 is 38.9 Å². The van der Waals surface area contributed by atoms with Gasteiger partial charge in [0.05, 0.1) is 0 Å². The zero-order valence-electron chi connectivity index (χ0n) is 13.0. The molecule has 0 aliphatic heterocycles. The minimum Gasteiger partial charge on any atom is -0.391 e. The van der Waals surface area contributed by atoms with E-state index in [0.717, 1.165) is 19.3 Å². The van der Waals surface area contributed by atoms with Crippen molar-refractivity contribution in [3.63, 3.8) is 0 Å². The number of carbonyl (C=O) groups is 2. The maximum Gasteiger partial charge on any atom is 0.342 e. The van der Waals surface area contributed by atoms with E-state index in [0.29, 0.717) is 0 Å². The SMILES string of the molecule is CCCCCCCCCCCC(=O)OC(=O)C(C)O.[Zn]. The molecule has 0 amide bonds. The molecule has 0 aliphatic carbocycles. The Bertz CT molecular complexity index is 254. The minimum atomic E-state index is -1.23. The van der Waals surface area contributed by atoms with Gasteiger partial charge < -0.3 is 9.84 Å². The van der Waals surface area contributed by atoms with E-state index < -0.39 is 18.0 Å². The summed E-state index contributed by atoms with van der Waals surface area (Å²) in [5.41, 5.74) is 0. The van der Waals surface area contributed by atoms with Gasteiger partial charge >= 0.3 is 11.9 Å². The van der Waals surface area contributed by atoms with Crippen LogP contribution in [0.25, 0.3) is 0 Å². The van der Waals surface area contributed by atoms with E-state index in [-0.39, 0.29) is 25.9 Å². The van der Waals surface area contributed by atoms with E-state index in [2.05, 4.69) is 11.7 Å². The van der Waals surface area contributed by atoms with Crippen LogP contribution in [0.15, 0.2) is 0 Å². The number of aliphatic hydroxyl groups excluding tert-OH is 1. The van der Waals surface area contributed by atoms with E-state index >= 15 is 0 Å². The fourth-order valence-corrected chi connectivity index (χ4v) is 1.83. The van der Waals surface area contributed by atoms with Crippen LogP contribution in [0.2, 0.25) is 0 Å². The second-order valence-electron chi connectivity index (χ2n) is 5.05. The molecule has 4 nitrogen and oxygen atoms in total. The van der Waals surface area contributed by atoms with Crippen molar-refractivity contribution in [1.29, 1.82) is 0 Å². The summed E-state index contributed by atoms with van der Waals surface area (Å²) >= 11 is 0. The van der Waals surface area contributed by atoms with Crippen LogP contribution in [-0.2, 0) is 33.8 Å². The second kappa shape index (κ2) is 15.1. The first kappa shape index (κ1) is 22.0. The summed E-state index contributed by atoms with van der Waals surface area (Å²) in [6, 6.07) is 0. The zero-order chi connectivity index (χ0) is 14.5. The first-order chi connectivity index (χ1) is 9.07. The summed E-state index contributed by atoms with van der Waals surface area (Å²) in [4.78, 5) is 22.1. The van der Waals surface area contributed by atoms with Crippen molar-refractivity contribution in [1.82, 2.24) is 0 Å². The van der Waals surface area contributed by atoms with E-state index in [1.165, 1.54) is 45.4 Å². The van der Waals surface area contributed by atoms with Crippen LogP contribution in [0.4, 0.5) is 0 Å². The van der Waals surface area contributed by atoms with Crippen molar-refractivity contribution in [3.05, 3.63) is 0 Å². The van der Waals surface area contributed by atoms with Gasteiger partial charge in [0.25, 0.3) is 0 Å². The van der Waals surface area contributed by atoms with E-state index in [1.54, 1.807) is 0 Å². The molecule has 5 heteroatoms. The van der Waals surface area contributed by atoms with Gasteiger partial charge in [0.2, 0.25) is 0 Å². The normalized spacial score (nSPS) is 11.6. The van der Waals surface area contributed by atoms with Crippen LogP contribution in [0.1, 0.15) is 78.1 Å². The number of unbranched alkanes of at least 4 members (excludes halogenated alkanes) is 8. The van der Waals surface area contributed by atoms with Gasteiger partial charge in [-0.1, -0.05) is 58.3 Å². The Morgan fingerprint density at radius 2 is 1.40 bits per heavy atom. The van der Waals surface area contributed by atoms with Crippen molar-refractivity contribution in [2.75, 3.05) is 0 Å². The van der Waals surface area contributed by atoms with Gasteiger partial charge in [0.1, 0.15) is 6.10 Å². The van der Waals surface area contributed by atoms with Gasteiger partial charge in [-0.15, -0.1) is 0 Å². The largest absolute Gasteiger partial charge is 0.391 e. The third-order valence-corrected chi connectivity index (χ3v) is 3.04. The summed E-state index contributed by atoms with van der Waals surface area (Å²) in [5.74, 6) is -1.39. The first-order valence-electron chi connectivity index (χ1n) is 7.50. The van der Waals surface area contributed by atoms with Crippen LogP contribution in [0, 0.1) is 0 Å². The Morgan fingerprint density at radius 3 is 1.85 bits per heavy atom. The standard InChI is InChI=1S/C15H28O4.Zn/c1-3-4-5-6-7-8-9-10-11-12-14(17)19-15(18)13(2)16;/h13,16H,3-12H2,1-2H3;. The molecule has 0 radical (unpaired) electrons. The molecule has 0 bridgehead atoms. The Kier molecular flexibility index (Phi) is 16.6. The molecule has 1 unspecified atom stereocenters. The van der Waals surface area contributed by atoms with Crippen molar-refractivity contribution in [3.8, 4) is 0 Å². The molecule has 1 N–H and O–H groups in total. The molecule has 114 valence electrons. The summed E-state index contributed by atoms with van der Waals surface area (Å²) in [6.45, 7) is 3.50. The number of esters is 2. The topological polar surface area (TPSA) is 63.6 Å². The van der Waals surface area contributed by atoms with Gasteiger partial charge in [-0.25, -0.2) is 4.79 Å². The maximum atomic E-state index is 11.2. The molecule has 0 aliphatic rings. The number of hydrogen-bond acceptors (Lipinski definition) is 4. The van der Waals surface area contributed by atoms with Gasteiger partial charge in [-0.05, 0) is 13.3 Å². The van der Waals surface area contributed by atoms with Gasteiger partial charge in [-0.3, -0.25) is 4.79 Å². The van der Waals surface area contributed by atoms with E-state index in [1.807, 2.05) is 0 Å². The Hall–Kier alpha value is -0.277. The van der Waals surface area contributed by atoms with Crippen LogP contribution >= 0.6 is 0 Å². The molecule has 0 spiro atoms. The molecular formula is C15H28O4Zn. The minimum absolute atomic E-state index is 0. The molecule has 1 atom stereocenters. The fraction of sp³-hybridized carbons (Fsp3) is 0.867. The molecular weight excluding hydrogens is 310 g/mol. The summed E-state index contributed by atoms with van der Waals surface area (Å²) in [7, 11) is 0. The van der Waals surface area contributed by atoms with Gasteiger partial charge in [0.15, 0.2) is 0 Å². The molecule has 0 aromatic rings. The first-order valence-corrected chi connectivity index (χ1v) is 7.50. The van der Waals surface area contributed by atoms with Gasteiger partial charge in [-0.2, -0.15) is 0 Å². The van der Waals surface area contributed by atoms with Crippen molar-refractivity contribution in [2.45, 2.75) is 84.2 Å². The molecule has 0 rings (SSSR count). The monoisotopic (exact) mass is 336 g/mol. The smallest absolute Gasteiger partial charge is 0.342 e. The quantitative estimate of drug-likeness (QED) is 0.272. The summed E-state index contributed by atoms with van der Waals surface area (Å²) in [5, 5.41) is 8.87. The zero-order valence-corrected chi connectivity index (χ0v) is 16.0. The number of ether oxygens (including phenoxy) is 1. The molecule has 0 fully saturated rings. The fourth-order valence-electron chi connectivity index (χ4n) is 1.83. The van der Waals surface area contributed by atoms with Crippen LogP contribution in [0.5, 0.6) is 0 Å². The van der Waals surface area contributed by atoms with E-state index in [4.69, 9.17) is 5.11 Å². The maximum absolute atomic E-state index is 11.2. The van der Waals surface area contributed by atoms with Crippen LogP contribution in [0.3, 0.4) is 0 Å². The third kappa shape index (κ3) is 14.1. The molecule has 0 aromatic heterocycles. The van der Waals surface area contributed by atoms with Crippen molar-refractivity contribution >= 4 is 11.9 Å². The number of carbonyl (C=O) groups excluding carboxylic acids is 2. The second-order valence-corrected chi connectivity index (χ2v) is 5.05. The summed E-state index contributed by atoms with van der Waals surface area (Å²) < 4.78 is 4.46. The van der Waals surface area contributed by atoms with Crippen LogP contribution in [-0.4, -0.2) is 23.1 Å². The molecule has 0 saturated carbocycles. The summed E-state index contributed by atoms with van der Waals surface area (Å²) in [6.07, 6.45) is 9.60. The average Bonchev–Trinajstić information content (AvgIpc) is 2.36. The predicted octanol–water partition coefficient (Wildman–Crippen LogP) is 3.36. The average molecular weight is 338 g/mol. The van der Waals surface area contributed by atoms with Crippen LogP contribution < -0.4 is 0 Å². The number of rotatable bonds is 11. The Labute approximate surface area is 135 Å². The Balaban J connectivity index is 0. The molecule has 0 saturated heterocycles. The van der Waals surface area contributed by atoms with Crippen molar-refractivity contribution in [2.24, 2.45) is 0 Å². The predicted molar refractivity (Wildman–Crippen MR) is 74.6 cm³/mol. The molecule has 20 heavy (non-hydrogen) atoms. The molecule has 0 aromatic carbocycles. The number of aliphatic hydroxyl groups is 1. The number of hydrogen-bond donors (Lipinski definition) is 1. The Morgan fingerprint density at radius 1 is 0.950 bits per heavy atom. The van der Waals surface area contributed by atoms with Gasteiger partial charge in [0, 0.05) is 25.9 Å².